The summed E-state index contributed by atoms with van der Waals surface area (Å²) >= 11 is 0. The van der Waals surface area contributed by atoms with E-state index in [1.54, 1.807) is 7.11 Å². The molecular formula is C25H33N3O4. The van der Waals surface area contributed by atoms with Crippen LogP contribution in [0.25, 0.3) is 10.9 Å². The van der Waals surface area contributed by atoms with Crippen LogP contribution in [0.1, 0.15) is 62.7 Å². The van der Waals surface area contributed by atoms with E-state index >= 15 is 0 Å². The smallest absolute Gasteiger partial charge is 0.226 e. The van der Waals surface area contributed by atoms with Gasteiger partial charge < -0.3 is 24.6 Å². The third-order valence-corrected chi connectivity index (χ3v) is 7.67. The molecular weight excluding hydrogens is 406 g/mol. The molecule has 1 atom stereocenters. The third kappa shape index (κ3) is 3.38. The number of fused-ring (bicyclic) bond motifs is 4. The second kappa shape index (κ2) is 8.10. The molecule has 2 N–H and O–H groups in total. The lowest BCUT2D eigenvalue weighted by Gasteiger charge is -2.50. The normalized spacial score (nSPS) is 22.3. The summed E-state index contributed by atoms with van der Waals surface area (Å²) in [5, 5.41) is 11.5. The monoisotopic (exact) mass is 439 g/mol. The van der Waals surface area contributed by atoms with E-state index in [1.807, 2.05) is 28.9 Å². The van der Waals surface area contributed by atoms with Crippen molar-refractivity contribution in [3.05, 3.63) is 29.5 Å². The first-order valence-corrected chi connectivity index (χ1v) is 11.9. The van der Waals surface area contributed by atoms with Crippen LogP contribution in [-0.4, -0.2) is 65.1 Å². The Morgan fingerprint density at radius 1 is 1.25 bits per heavy atom. The van der Waals surface area contributed by atoms with Crippen molar-refractivity contribution in [3.8, 4) is 5.75 Å². The van der Waals surface area contributed by atoms with Crippen LogP contribution in [0.4, 0.5) is 0 Å². The van der Waals surface area contributed by atoms with E-state index in [0.29, 0.717) is 26.1 Å². The number of carbonyl (C=O) groups is 2. The van der Waals surface area contributed by atoms with E-state index in [4.69, 9.17) is 4.74 Å². The van der Waals surface area contributed by atoms with Gasteiger partial charge >= 0.3 is 0 Å². The highest BCUT2D eigenvalue weighted by Gasteiger charge is 2.50. The van der Waals surface area contributed by atoms with Crippen LogP contribution < -0.4 is 4.74 Å². The number of methoxy groups -OCH3 is 1. The minimum absolute atomic E-state index is 0.0957. The number of benzene rings is 1. The van der Waals surface area contributed by atoms with E-state index in [9.17, 15) is 14.7 Å². The van der Waals surface area contributed by atoms with Gasteiger partial charge in [-0.25, -0.2) is 0 Å². The van der Waals surface area contributed by atoms with Crippen LogP contribution in [0, 0.1) is 5.92 Å². The van der Waals surface area contributed by atoms with E-state index in [0.717, 1.165) is 54.5 Å². The van der Waals surface area contributed by atoms with E-state index in [2.05, 4.69) is 11.1 Å². The summed E-state index contributed by atoms with van der Waals surface area (Å²) in [4.78, 5) is 33.2. The maximum absolute atomic E-state index is 13.3. The van der Waals surface area contributed by atoms with Gasteiger partial charge in [-0.15, -0.1) is 0 Å². The van der Waals surface area contributed by atoms with Crippen molar-refractivity contribution in [2.24, 2.45) is 5.92 Å². The van der Waals surface area contributed by atoms with Gasteiger partial charge in [-0.3, -0.25) is 9.59 Å². The van der Waals surface area contributed by atoms with Crippen LogP contribution in [0.3, 0.4) is 0 Å². The zero-order valence-corrected chi connectivity index (χ0v) is 19.0. The second-order valence-electron chi connectivity index (χ2n) is 9.68. The first-order chi connectivity index (χ1) is 15.5. The Morgan fingerprint density at radius 3 is 2.62 bits per heavy atom. The molecule has 3 aliphatic rings. The molecule has 0 radical (unpaired) electrons. The number of aromatic amines is 1. The van der Waals surface area contributed by atoms with Crippen LogP contribution in [0.15, 0.2) is 18.2 Å². The number of piperidine rings is 1. The second-order valence-corrected chi connectivity index (χ2v) is 9.68. The van der Waals surface area contributed by atoms with Crippen molar-refractivity contribution in [3.63, 3.8) is 0 Å². The number of carbonyl (C=O) groups excluding carboxylic acids is 2. The number of aromatic nitrogens is 1. The quantitative estimate of drug-likeness (QED) is 0.750. The fourth-order valence-electron chi connectivity index (χ4n) is 5.77. The van der Waals surface area contributed by atoms with Gasteiger partial charge in [0.2, 0.25) is 11.8 Å². The number of nitrogens with zero attached hydrogens (tertiary/aromatic N) is 2. The number of nitrogens with one attached hydrogen (secondary N) is 1. The van der Waals surface area contributed by atoms with Crippen molar-refractivity contribution in [2.45, 2.75) is 56.9 Å². The van der Waals surface area contributed by atoms with E-state index in [-0.39, 0.29) is 35.8 Å². The van der Waals surface area contributed by atoms with Crippen LogP contribution in [0.2, 0.25) is 0 Å². The van der Waals surface area contributed by atoms with Crippen LogP contribution in [0.5, 0.6) is 5.75 Å². The summed E-state index contributed by atoms with van der Waals surface area (Å²) in [7, 11) is 1.65. The van der Waals surface area contributed by atoms with Gasteiger partial charge in [0.15, 0.2) is 0 Å². The van der Waals surface area contributed by atoms with Gasteiger partial charge in [-0.1, -0.05) is 6.92 Å². The molecule has 1 saturated carbocycles. The average Bonchev–Trinajstić information content (AvgIpc) is 3.58. The number of ether oxygens (including phenoxy) is 1. The van der Waals surface area contributed by atoms with Crippen molar-refractivity contribution in [1.29, 1.82) is 0 Å². The molecule has 32 heavy (non-hydrogen) atoms. The van der Waals surface area contributed by atoms with Crippen LogP contribution in [-0.2, 0) is 15.0 Å². The molecule has 0 bridgehead atoms. The molecule has 2 amide bonds. The fourth-order valence-corrected chi connectivity index (χ4v) is 5.77. The molecule has 1 aliphatic carbocycles. The lowest BCUT2D eigenvalue weighted by Crippen LogP contribution is -2.56. The van der Waals surface area contributed by atoms with Gasteiger partial charge in [-0.2, -0.15) is 0 Å². The average molecular weight is 440 g/mol. The summed E-state index contributed by atoms with van der Waals surface area (Å²) < 4.78 is 5.43. The largest absolute Gasteiger partial charge is 0.497 e. The SMILES string of the molecule is CCCC(=O)N1CCC2(CC1)CN(C(=O)C1CC1)[C@H](CO)c1[nH]c3cc(OC)ccc3c12. The zero-order valence-electron chi connectivity index (χ0n) is 19.0. The molecule has 1 aromatic carbocycles. The standard InChI is InChI=1S/C25H33N3O4/c1-3-4-21(30)27-11-9-25(10-12-27)15-28(24(31)16-5-6-16)20(14-29)23-22(25)18-8-7-17(32-2)13-19(18)26-23/h7-8,13,16,20,26,29H,3-6,9-12,14-15H2,1-2H3/t20-/m1/s1. The highest BCUT2D eigenvalue weighted by Crippen LogP contribution is 2.50. The Bertz CT molecular complexity index is 1030. The third-order valence-electron chi connectivity index (χ3n) is 7.67. The number of aliphatic hydroxyl groups is 1. The predicted molar refractivity (Wildman–Crippen MR) is 122 cm³/mol. The summed E-state index contributed by atoms with van der Waals surface area (Å²) in [5.74, 6) is 1.26. The van der Waals surface area contributed by atoms with Gasteiger partial charge in [0, 0.05) is 60.1 Å². The molecule has 7 nitrogen and oxygen atoms in total. The first kappa shape index (κ1) is 21.3. The molecule has 7 heteroatoms. The van der Waals surface area contributed by atoms with E-state index in [1.165, 1.54) is 5.56 Å². The van der Waals surface area contributed by atoms with Gasteiger partial charge in [0.1, 0.15) is 5.75 Å². The van der Waals surface area contributed by atoms with Crippen LogP contribution >= 0.6 is 0 Å². The molecule has 5 rings (SSSR count). The number of amides is 2. The fraction of sp³-hybridized carbons (Fsp3) is 0.600. The molecule has 1 saturated heterocycles. The van der Waals surface area contributed by atoms with Gasteiger partial charge in [0.05, 0.1) is 19.8 Å². The van der Waals surface area contributed by atoms with Crippen molar-refractivity contribution in [2.75, 3.05) is 33.4 Å². The predicted octanol–water partition coefficient (Wildman–Crippen LogP) is 3.12. The summed E-state index contributed by atoms with van der Waals surface area (Å²) in [5.41, 5.74) is 2.92. The summed E-state index contributed by atoms with van der Waals surface area (Å²) in [6.07, 6.45) is 4.97. The molecule has 172 valence electrons. The number of rotatable bonds is 5. The van der Waals surface area contributed by atoms with Crippen molar-refractivity contribution >= 4 is 22.7 Å². The number of H-pyrrole nitrogens is 1. The van der Waals surface area contributed by atoms with E-state index < -0.39 is 0 Å². The Morgan fingerprint density at radius 2 is 2.00 bits per heavy atom. The van der Waals surface area contributed by atoms with Gasteiger partial charge in [0.25, 0.3) is 0 Å². The number of likely N-dealkylation sites (tertiary alicyclic amines) is 1. The Balaban J connectivity index is 1.58. The minimum atomic E-state index is -0.359. The number of aliphatic hydroxyl groups excluding tert-OH is 1. The highest BCUT2D eigenvalue weighted by molar-refractivity contribution is 5.89. The summed E-state index contributed by atoms with van der Waals surface area (Å²) in [6.45, 7) is 3.95. The maximum Gasteiger partial charge on any atom is 0.226 e. The highest BCUT2D eigenvalue weighted by atomic mass is 16.5. The lowest BCUT2D eigenvalue weighted by molar-refractivity contribution is -0.140. The zero-order chi connectivity index (χ0) is 22.5. The molecule has 2 aliphatic heterocycles. The Hall–Kier alpha value is -2.54. The number of hydrogen-bond acceptors (Lipinski definition) is 4. The molecule has 1 aromatic heterocycles. The van der Waals surface area contributed by atoms with Gasteiger partial charge in [-0.05, 0) is 49.8 Å². The molecule has 0 unspecified atom stereocenters. The summed E-state index contributed by atoms with van der Waals surface area (Å²) in [6, 6.07) is 5.69. The number of hydrogen-bond donors (Lipinski definition) is 2. The molecule has 1 spiro atoms. The lowest BCUT2D eigenvalue weighted by atomic mass is 9.68. The topological polar surface area (TPSA) is 85.9 Å². The first-order valence-electron chi connectivity index (χ1n) is 11.9. The van der Waals surface area contributed by atoms with Crippen molar-refractivity contribution < 1.29 is 19.4 Å². The maximum atomic E-state index is 13.3. The Labute approximate surface area is 188 Å². The molecule has 2 aromatic rings. The molecule has 3 heterocycles. The minimum Gasteiger partial charge on any atom is -0.497 e. The van der Waals surface area contributed by atoms with Crippen molar-refractivity contribution in [1.82, 2.24) is 14.8 Å². The Kier molecular flexibility index (Phi) is 5.40. The molecule has 2 fully saturated rings.